The normalized spacial score (nSPS) is 15.4. The summed E-state index contributed by atoms with van der Waals surface area (Å²) in [6, 6.07) is 4.00. The first kappa shape index (κ1) is 17.9. The molecule has 4 nitrogen and oxygen atoms in total. The molecule has 0 heterocycles. The van der Waals surface area contributed by atoms with Crippen molar-refractivity contribution in [2.75, 3.05) is 6.61 Å². The lowest BCUT2D eigenvalue weighted by Crippen LogP contribution is -2.44. The van der Waals surface area contributed by atoms with Crippen molar-refractivity contribution in [3.8, 4) is 11.5 Å². The first-order valence-corrected chi connectivity index (χ1v) is 11.1. The summed E-state index contributed by atoms with van der Waals surface area (Å²) in [6.07, 6.45) is 2.32. The van der Waals surface area contributed by atoms with Crippen LogP contribution in [0.4, 0.5) is 0 Å². The van der Waals surface area contributed by atoms with Crippen LogP contribution in [0.25, 0.3) is 0 Å². The summed E-state index contributed by atoms with van der Waals surface area (Å²) in [5.74, 6) is 1.16. The second kappa shape index (κ2) is 6.19. The summed E-state index contributed by atoms with van der Waals surface area (Å²) < 4.78 is 12.0. The quantitative estimate of drug-likeness (QED) is 0.764. The number of hydrogen-bond donors (Lipinski definition) is 1. The fourth-order valence-electron chi connectivity index (χ4n) is 2.20. The molecule has 1 fully saturated rings. The number of carboxylic acid groups (broad SMARTS) is 1. The number of hydrogen-bond acceptors (Lipinski definition) is 3. The molecule has 23 heavy (non-hydrogen) atoms. The third kappa shape index (κ3) is 4.28. The van der Waals surface area contributed by atoms with E-state index < -0.39 is 14.3 Å². The van der Waals surface area contributed by atoms with Gasteiger partial charge in [0.2, 0.25) is 8.32 Å². The Balaban J connectivity index is 2.33. The minimum atomic E-state index is -1.91. The maximum Gasteiger partial charge on any atom is 0.341 e. The van der Waals surface area contributed by atoms with Gasteiger partial charge in [0.1, 0.15) is 11.5 Å². The van der Waals surface area contributed by atoms with Crippen LogP contribution in [-0.4, -0.2) is 26.0 Å². The van der Waals surface area contributed by atoms with E-state index in [1.165, 1.54) is 5.56 Å². The molecule has 0 unspecified atom stereocenters. The van der Waals surface area contributed by atoms with Crippen LogP contribution in [0.15, 0.2) is 12.1 Å². The maximum atomic E-state index is 10.7. The van der Waals surface area contributed by atoms with Crippen molar-refractivity contribution >= 4 is 14.3 Å². The summed E-state index contributed by atoms with van der Waals surface area (Å²) in [6.45, 7) is 12.8. The van der Waals surface area contributed by atoms with E-state index in [9.17, 15) is 4.79 Å². The Bertz CT molecular complexity index is 598. The minimum absolute atomic E-state index is 0.139. The van der Waals surface area contributed by atoms with Gasteiger partial charge in [0.15, 0.2) is 6.61 Å². The molecule has 0 amide bonds. The number of carboxylic acids is 1. The van der Waals surface area contributed by atoms with Gasteiger partial charge in [-0.15, -0.1) is 0 Å². The molecular weight excluding hydrogens is 308 g/mol. The molecule has 1 saturated carbocycles. The summed E-state index contributed by atoms with van der Waals surface area (Å²) >= 11 is 0. The molecule has 0 aliphatic heterocycles. The minimum Gasteiger partial charge on any atom is -0.543 e. The van der Waals surface area contributed by atoms with Crippen LogP contribution in [0.3, 0.4) is 0 Å². The van der Waals surface area contributed by atoms with E-state index in [4.69, 9.17) is 14.3 Å². The molecule has 1 aromatic rings. The summed E-state index contributed by atoms with van der Waals surface area (Å²) in [5, 5.41) is 8.95. The van der Waals surface area contributed by atoms with Crippen LogP contribution in [0.5, 0.6) is 11.5 Å². The van der Waals surface area contributed by atoms with Gasteiger partial charge >= 0.3 is 5.97 Å². The van der Waals surface area contributed by atoms with Crippen molar-refractivity contribution in [1.29, 1.82) is 0 Å². The number of benzene rings is 1. The zero-order valence-corrected chi connectivity index (χ0v) is 16.0. The van der Waals surface area contributed by atoms with Crippen LogP contribution in [0, 0.1) is 6.92 Å². The van der Waals surface area contributed by atoms with Gasteiger partial charge in [0.25, 0.3) is 0 Å². The van der Waals surface area contributed by atoms with Crippen LogP contribution in [0.2, 0.25) is 18.1 Å². The summed E-state index contributed by atoms with van der Waals surface area (Å²) in [7, 11) is -1.91. The van der Waals surface area contributed by atoms with Gasteiger partial charge in [0.05, 0.1) is 0 Å². The SMILES string of the molecule is Cc1cc(O[Si](C)(C)C(C)(C)C)c(C2CC2)cc1OCC(=O)O. The van der Waals surface area contributed by atoms with E-state index in [1.54, 1.807) is 0 Å². The average Bonchev–Trinajstić information content (AvgIpc) is 3.20. The zero-order chi connectivity index (χ0) is 17.4. The Kier molecular flexibility index (Phi) is 4.80. The molecule has 5 heteroatoms. The highest BCUT2D eigenvalue weighted by molar-refractivity contribution is 6.74. The number of aryl methyl sites for hydroxylation is 1. The second-order valence-electron chi connectivity index (χ2n) is 7.97. The molecule has 2 rings (SSSR count). The second-order valence-corrected chi connectivity index (χ2v) is 12.7. The highest BCUT2D eigenvalue weighted by Gasteiger charge is 2.40. The van der Waals surface area contributed by atoms with Gasteiger partial charge in [0, 0.05) is 0 Å². The van der Waals surface area contributed by atoms with E-state index in [-0.39, 0.29) is 11.6 Å². The van der Waals surface area contributed by atoms with E-state index in [0.717, 1.165) is 24.2 Å². The van der Waals surface area contributed by atoms with Gasteiger partial charge in [-0.2, -0.15) is 0 Å². The Hall–Kier alpha value is -1.49. The van der Waals surface area contributed by atoms with Crippen molar-refractivity contribution in [1.82, 2.24) is 0 Å². The predicted octanol–water partition coefficient (Wildman–Crippen LogP) is 4.72. The molecule has 1 aliphatic carbocycles. The number of aliphatic carboxylic acids is 1. The molecular formula is C18H28O4Si. The highest BCUT2D eigenvalue weighted by Crippen LogP contribution is 2.48. The molecule has 1 N–H and O–H groups in total. The first-order chi connectivity index (χ1) is 10.5. The smallest absolute Gasteiger partial charge is 0.341 e. The molecule has 0 aromatic heterocycles. The van der Waals surface area contributed by atoms with Crippen molar-refractivity contribution in [2.45, 2.75) is 64.6 Å². The van der Waals surface area contributed by atoms with E-state index in [0.29, 0.717) is 11.7 Å². The molecule has 0 atom stereocenters. The van der Waals surface area contributed by atoms with E-state index in [1.807, 2.05) is 19.1 Å². The molecule has 0 radical (unpaired) electrons. The van der Waals surface area contributed by atoms with Crippen LogP contribution < -0.4 is 9.16 Å². The summed E-state index contributed by atoms with van der Waals surface area (Å²) in [5.41, 5.74) is 2.09. The molecule has 128 valence electrons. The molecule has 0 saturated heterocycles. The van der Waals surface area contributed by atoms with Gasteiger partial charge < -0.3 is 14.3 Å². The largest absolute Gasteiger partial charge is 0.543 e. The topological polar surface area (TPSA) is 55.8 Å². The molecule has 1 aliphatic rings. The van der Waals surface area contributed by atoms with Crippen molar-refractivity contribution in [3.63, 3.8) is 0 Å². The van der Waals surface area contributed by atoms with Crippen LogP contribution >= 0.6 is 0 Å². The maximum absolute atomic E-state index is 10.7. The third-order valence-corrected chi connectivity index (χ3v) is 9.19. The Morgan fingerprint density at radius 1 is 1.26 bits per heavy atom. The van der Waals surface area contributed by atoms with Gasteiger partial charge in [-0.05, 0) is 67.1 Å². The molecule has 1 aromatic carbocycles. The number of rotatable bonds is 6. The number of carbonyl (C=O) groups is 1. The number of ether oxygens (including phenoxy) is 1. The monoisotopic (exact) mass is 336 g/mol. The fourth-order valence-corrected chi connectivity index (χ4v) is 3.23. The predicted molar refractivity (Wildman–Crippen MR) is 94.1 cm³/mol. The Morgan fingerprint density at radius 3 is 2.35 bits per heavy atom. The van der Waals surface area contributed by atoms with Crippen LogP contribution in [0.1, 0.15) is 50.7 Å². The van der Waals surface area contributed by atoms with Crippen molar-refractivity contribution in [3.05, 3.63) is 23.3 Å². The van der Waals surface area contributed by atoms with Gasteiger partial charge in [-0.25, -0.2) is 4.79 Å². The lowest BCUT2D eigenvalue weighted by Gasteiger charge is -2.37. The molecule has 0 bridgehead atoms. The van der Waals surface area contributed by atoms with Gasteiger partial charge in [-0.1, -0.05) is 20.8 Å². The lowest BCUT2D eigenvalue weighted by atomic mass is 10.1. The van der Waals surface area contributed by atoms with Crippen molar-refractivity contribution in [2.24, 2.45) is 0 Å². The summed E-state index contributed by atoms with van der Waals surface area (Å²) in [4.78, 5) is 10.7. The van der Waals surface area contributed by atoms with E-state index in [2.05, 4.69) is 33.9 Å². The Labute approximate surface area is 139 Å². The fraction of sp³-hybridized carbons (Fsp3) is 0.611. The first-order valence-electron chi connectivity index (χ1n) is 8.19. The van der Waals surface area contributed by atoms with Gasteiger partial charge in [-0.3, -0.25) is 0 Å². The third-order valence-electron chi connectivity index (χ3n) is 4.85. The lowest BCUT2D eigenvalue weighted by molar-refractivity contribution is -0.139. The average molecular weight is 337 g/mol. The molecule has 0 spiro atoms. The standard InChI is InChI=1S/C18H28O4Si/c1-12-9-16(22-23(5,6)18(2,3)4)14(13-7-8-13)10-15(12)21-11-17(19)20/h9-10,13H,7-8,11H2,1-6H3,(H,19,20). The highest BCUT2D eigenvalue weighted by atomic mass is 28.4. The van der Waals surface area contributed by atoms with E-state index >= 15 is 0 Å². The zero-order valence-electron chi connectivity index (χ0n) is 15.0. The van der Waals surface area contributed by atoms with Crippen molar-refractivity contribution < 1.29 is 19.1 Å². The van der Waals surface area contributed by atoms with Crippen LogP contribution in [-0.2, 0) is 4.79 Å². The Morgan fingerprint density at radius 2 is 1.87 bits per heavy atom.